The minimum Gasteiger partial charge on any atom is -0.210 e. The standard InChI is InChI=1S/C10H13BrClNO2S2/c1-6-9(4-10(11)16-6)17(14,15)13-5-8(12)7-2-3-7/h4,7-8,13H,2-3,5H2,1H3. The fraction of sp³-hybridized carbons (Fsp3) is 0.600. The number of aryl methyl sites for hydroxylation is 1. The van der Waals surface area contributed by atoms with E-state index in [0.717, 1.165) is 21.5 Å². The summed E-state index contributed by atoms with van der Waals surface area (Å²) in [5.74, 6) is 0.481. The quantitative estimate of drug-likeness (QED) is 0.822. The van der Waals surface area contributed by atoms with Crippen LogP contribution < -0.4 is 4.72 Å². The predicted molar refractivity (Wildman–Crippen MR) is 74.3 cm³/mol. The van der Waals surface area contributed by atoms with E-state index in [1.165, 1.54) is 11.3 Å². The number of sulfonamides is 1. The number of nitrogens with one attached hydrogen (secondary N) is 1. The van der Waals surface area contributed by atoms with Crippen LogP contribution in [0.25, 0.3) is 0 Å². The van der Waals surface area contributed by atoms with E-state index in [0.29, 0.717) is 17.4 Å². The zero-order valence-electron chi connectivity index (χ0n) is 9.24. The average Bonchev–Trinajstić information content (AvgIpc) is 3.01. The number of thiophene rings is 1. The molecule has 1 aliphatic carbocycles. The Morgan fingerprint density at radius 1 is 1.65 bits per heavy atom. The summed E-state index contributed by atoms with van der Waals surface area (Å²) in [5.41, 5.74) is 0. The zero-order chi connectivity index (χ0) is 12.6. The lowest BCUT2D eigenvalue weighted by Crippen LogP contribution is -2.30. The first-order chi connectivity index (χ1) is 7.90. The maximum atomic E-state index is 12.0. The van der Waals surface area contributed by atoms with Crippen LogP contribution in [0.4, 0.5) is 0 Å². The number of alkyl halides is 1. The Labute approximate surface area is 119 Å². The topological polar surface area (TPSA) is 46.2 Å². The van der Waals surface area contributed by atoms with Crippen LogP contribution in [0.5, 0.6) is 0 Å². The van der Waals surface area contributed by atoms with Crippen molar-refractivity contribution in [3.63, 3.8) is 0 Å². The lowest BCUT2D eigenvalue weighted by atomic mass is 10.3. The van der Waals surface area contributed by atoms with Gasteiger partial charge in [-0.05, 0) is 47.7 Å². The highest BCUT2D eigenvalue weighted by Crippen LogP contribution is 2.35. The van der Waals surface area contributed by atoms with Crippen molar-refractivity contribution in [2.24, 2.45) is 5.92 Å². The van der Waals surface area contributed by atoms with Crippen LogP contribution >= 0.6 is 38.9 Å². The molecule has 1 heterocycles. The van der Waals surface area contributed by atoms with E-state index >= 15 is 0 Å². The van der Waals surface area contributed by atoms with Gasteiger partial charge in [-0.1, -0.05) is 0 Å². The van der Waals surface area contributed by atoms with Gasteiger partial charge in [-0.25, -0.2) is 13.1 Å². The second kappa shape index (κ2) is 5.17. The fourth-order valence-corrected chi connectivity index (χ4v) is 5.48. The SMILES string of the molecule is Cc1sc(Br)cc1S(=O)(=O)NCC(Cl)C1CC1. The van der Waals surface area contributed by atoms with Crippen molar-refractivity contribution in [1.29, 1.82) is 0 Å². The van der Waals surface area contributed by atoms with Gasteiger partial charge in [-0.3, -0.25) is 0 Å². The van der Waals surface area contributed by atoms with Gasteiger partial charge in [0.25, 0.3) is 0 Å². The highest BCUT2D eigenvalue weighted by atomic mass is 79.9. The number of hydrogen-bond acceptors (Lipinski definition) is 3. The number of hydrogen-bond donors (Lipinski definition) is 1. The third-order valence-corrected chi connectivity index (χ3v) is 6.48. The van der Waals surface area contributed by atoms with Crippen LogP contribution in [0, 0.1) is 12.8 Å². The van der Waals surface area contributed by atoms with Crippen molar-refractivity contribution >= 4 is 48.9 Å². The molecule has 1 atom stereocenters. The summed E-state index contributed by atoms with van der Waals surface area (Å²) in [5, 5.41) is -0.0906. The normalized spacial score (nSPS) is 18.3. The van der Waals surface area contributed by atoms with Crippen molar-refractivity contribution in [2.45, 2.75) is 30.0 Å². The molecule has 0 saturated heterocycles. The van der Waals surface area contributed by atoms with Crippen molar-refractivity contribution in [3.8, 4) is 0 Å². The zero-order valence-corrected chi connectivity index (χ0v) is 13.2. The molecule has 0 bridgehead atoms. The molecule has 1 N–H and O–H groups in total. The lowest BCUT2D eigenvalue weighted by molar-refractivity contribution is 0.576. The summed E-state index contributed by atoms with van der Waals surface area (Å²) < 4.78 is 27.5. The molecule has 3 nitrogen and oxygen atoms in total. The van der Waals surface area contributed by atoms with Crippen molar-refractivity contribution in [2.75, 3.05) is 6.54 Å². The molecule has 1 aromatic rings. The predicted octanol–water partition coefficient (Wildman–Crippen LogP) is 3.11. The van der Waals surface area contributed by atoms with Gasteiger partial charge in [0, 0.05) is 16.8 Å². The largest absolute Gasteiger partial charge is 0.241 e. The summed E-state index contributed by atoms with van der Waals surface area (Å²) >= 11 is 10.8. The minimum absolute atomic E-state index is 0.0906. The lowest BCUT2D eigenvalue weighted by Gasteiger charge is -2.10. The molecule has 1 aliphatic rings. The minimum atomic E-state index is -3.42. The maximum Gasteiger partial charge on any atom is 0.241 e. The Morgan fingerprint density at radius 3 is 2.76 bits per heavy atom. The first-order valence-electron chi connectivity index (χ1n) is 5.30. The fourth-order valence-electron chi connectivity index (χ4n) is 1.59. The van der Waals surface area contributed by atoms with Crippen LogP contribution in [0.15, 0.2) is 14.7 Å². The Bertz CT molecular complexity index is 510. The van der Waals surface area contributed by atoms with E-state index in [9.17, 15) is 8.42 Å². The third kappa shape index (κ3) is 3.44. The Hall–Kier alpha value is 0.380. The molecule has 0 aliphatic heterocycles. The third-order valence-electron chi connectivity index (χ3n) is 2.73. The van der Waals surface area contributed by atoms with Gasteiger partial charge < -0.3 is 0 Å². The molecule has 0 radical (unpaired) electrons. The molecule has 2 rings (SSSR count). The molecule has 0 aromatic carbocycles. The molecule has 17 heavy (non-hydrogen) atoms. The van der Waals surface area contributed by atoms with E-state index in [2.05, 4.69) is 20.7 Å². The van der Waals surface area contributed by atoms with Gasteiger partial charge in [0.05, 0.1) is 8.68 Å². The summed E-state index contributed by atoms with van der Waals surface area (Å²) in [6.07, 6.45) is 2.22. The van der Waals surface area contributed by atoms with Crippen LogP contribution in [-0.2, 0) is 10.0 Å². The van der Waals surface area contributed by atoms with Crippen molar-refractivity contribution < 1.29 is 8.42 Å². The molecule has 0 spiro atoms. The van der Waals surface area contributed by atoms with E-state index in [1.54, 1.807) is 13.0 Å². The van der Waals surface area contributed by atoms with Crippen LogP contribution in [0.3, 0.4) is 0 Å². The number of halogens is 2. The molecule has 1 saturated carbocycles. The van der Waals surface area contributed by atoms with Crippen molar-refractivity contribution in [1.82, 2.24) is 4.72 Å². The first-order valence-corrected chi connectivity index (χ1v) is 8.83. The second-order valence-corrected chi connectivity index (χ2v) is 9.11. The molecule has 0 amide bonds. The van der Waals surface area contributed by atoms with E-state index in [1.807, 2.05) is 0 Å². The molecular weight excluding hydrogens is 346 g/mol. The van der Waals surface area contributed by atoms with Gasteiger partial charge in [0.15, 0.2) is 0 Å². The van der Waals surface area contributed by atoms with Crippen LogP contribution in [-0.4, -0.2) is 20.3 Å². The number of rotatable bonds is 5. The van der Waals surface area contributed by atoms with Gasteiger partial charge in [0.2, 0.25) is 10.0 Å². The highest BCUT2D eigenvalue weighted by molar-refractivity contribution is 9.11. The molecule has 1 aromatic heterocycles. The van der Waals surface area contributed by atoms with E-state index in [4.69, 9.17) is 11.6 Å². The van der Waals surface area contributed by atoms with Crippen molar-refractivity contribution in [3.05, 3.63) is 14.7 Å². The highest BCUT2D eigenvalue weighted by Gasteiger charge is 2.31. The Kier molecular flexibility index (Phi) is 4.20. The smallest absolute Gasteiger partial charge is 0.210 e. The maximum absolute atomic E-state index is 12.0. The van der Waals surface area contributed by atoms with Gasteiger partial charge in [0.1, 0.15) is 0 Å². The molecule has 1 unspecified atom stereocenters. The average molecular weight is 359 g/mol. The van der Waals surface area contributed by atoms with Crippen LogP contribution in [0.2, 0.25) is 0 Å². The van der Waals surface area contributed by atoms with Gasteiger partial charge >= 0.3 is 0 Å². The first kappa shape index (κ1) is 13.8. The summed E-state index contributed by atoms with van der Waals surface area (Å²) in [6, 6.07) is 1.63. The summed E-state index contributed by atoms with van der Waals surface area (Å²) in [4.78, 5) is 1.12. The van der Waals surface area contributed by atoms with E-state index < -0.39 is 10.0 Å². The van der Waals surface area contributed by atoms with Gasteiger partial charge in [-0.15, -0.1) is 22.9 Å². The molecular formula is C10H13BrClNO2S2. The summed E-state index contributed by atoms with van der Waals surface area (Å²) in [6.45, 7) is 2.10. The second-order valence-electron chi connectivity index (χ2n) is 4.18. The summed E-state index contributed by atoms with van der Waals surface area (Å²) in [7, 11) is -3.42. The van der Waals surface area contributed by atoms with Gasteiger partial charge in [-0.2, -0.15) is 0 Å². The van der Waals surface area contributed by atoms with E-state index in [-0.39, 0.29) is 5.38 Å². The monoisotopic (exact) mass is 357 g/mol. The molecule has 7 heteroatoms. The van der Waals surface area contributed by atoms with Crippen LogP contribution in [0.1, 0.15) is 17.7 Å². The Morgan fingerprint density at radius 2 is 2.29 bits per heavy atom. The molecule has 1 fully saturated rings. The Balaban J connectivity index is 2.05. The molecule has 96 valence electrons.